The minimum atomic E-state index is -0.796. The second-order valence-corrected chi connectivity index (χ2v) is 2.38. The van der Waals surface area contributed by atoms with E-state index in [2.05, 4.69) is 0 Å². The molecule has 0 unspecified atom stereocenters. The van der Waals surface area contributed by atoms with Gasteiger partial charge in [0.1, 0.15) is 6.54 Å². The van der Waals surface area contributed by atoms with E-state index in [1.807, 2.05) is 18.0 Å². The van der Waals surface area contributed by atoms with E-state index in [-0.39, 0.29) is 6.54 Å². The lowest BCUT2D eigenvalue weighted by Crippen LogP contribution is -2.38. The van der Waals surface area contributed by atoms with E-state index in [4.69, 9.17) is 5.11 Å². The van der Waals surface area contributed by atoms with E-state index in [0.717, 1.165) is 13.1 Å². The highest BCUT2D eigenvalue weighted by molar-refractivity contribution is 5.69. The van der Waals surface area contributed by atoms with Crippen LogP contribution in [0.3, 0.4) is 0 Å². The number of carboxylic acid groups (broad SMARTS) is 1. The summed E-state index contributed by atoms with van der Waals surface area (Å²) < 4.78 is 0. The van der Waals surface area contributed by atoms with Gasteiger partial charge in [0, 0.05) is 19.3 Å². The molecule has 11 heavy (non-hydrogen) atoms. The summed E-state index contributed by atoms with van der Waals surface area (Å²) in [6.07, 6.45) is 3.75. The molecule has 1 heterocycles. The van der Waals surface area contributed by atoms with Crippen molar-refractivity contribution >= 4 is 5.97 Å². The molecular weight excluding hydrogens is 144 g/mol. The summed E-state index contributed by atoms with van der Waals surface area (Å²) in [5.74, 6) is -0.796. The number of hydrogen-bond donors (Lipinski definition) is 1. The first-order valence-corrected chi connectivity index (χ1v) is 3.64. The fourth-order valence-electron chi connectivity index (χ4n) is 1.09. The van der Waals surface area contributed by atoms with Crippen molar-refractivity contribution in [1.29, 1.82) is 0 Å². The summed E-state index contributed by atoms with van der Waals surface area (Å²) in [4.78, 5) is 10.3. The van der Waals surface area contributed by atoms with Gasteiger partial charge in [-0.3, -0.25) is 4.79 Å². The Labute approximate surface area is 65.7 Å². The molecule has 0 fully saturated rings. The number of rotatable bonds is 3. The minimum absolute atomic E-state index is 0.0599. The van der Waals surface area contributed by atoms with Crippen molar-refractivity contribution in [1.82, 2.24) is 10.0 Å². The summed E-state index contributed by atoms with van der Waals surface area (Å²) in [7, 11) is 0. The van der Waals surface area contributed by atoms with Crippen LogP contribution in [0, 0.1) is 0 Å². The SMILES string of the molecule is CCN1CC=CN1CC(=O)O. The fraction of sp³-hybridized carbons (Fsp3) is 0.571. The number of nitrogens with zero attached hydrogens (tertiary/aromatic N) is 2. The maximum absolute atomic E-state index is 10.3. The third kappa shape index (κ3) is 1.94. The monoisotopic (exact) mass is 156 g/mol. The molecule has 4 heteroatoms. The number of hydrogen-bond acceptors (Lipinski definition) is 3. The lowest BCUT2D eigenvalue weighted by molar-refractivity contribution is -0.140. The van der Waals surface area contributed by atoms with Gasteiger partial charge < -0.3 is 10.1 Å². The predicted octanol–water partition coefficient (Wildman–Crippen LogP) is 0.137. The first-order chi connectivity index (χ1) is 5.24. The lowest BCUT2D eigenvalue weighted by atomic mass is 10.6. The first kappa shape index (κ1) is 8.07. The summed E-state index contributed by atoms with van der Waals surface area (Å²) >= 11 is 0. The van der Waals surface area contributed by atoms with Gasteiger partial charge in [0.2, 0.25) is 0 Å². The molecule has 0 bridgehead atoms. The van der Waals surface area contributed by atoms with Crippen LogP contribution in [-0.4, -0.2) is 40.7 Å². The summed E-state index contributed by atoms with van der Waals surface area (Å²) in [6.45, 7) is 3.73. The van der Waals surface area contributed by atoms with E-state index in [9.17, 15) is 4.79 Å². The van der Waals surface area contributed by atoms with E-state index >= 15 is 0 Å². The average molecular weight is 156 g/mol. The molecule has 0 saturated heterocycles. The molecule has 1 N–H and O–H groups in total. The van der Waals surface area contributed by atoms with E-state index in [1.165, 1.54) is 0 Å². The van der Waals surface area contributed by atoms with E-state index in [1.54, 1.807) is 11.2 Å². The standard InChI is InChI=1S/C7H12N2O2/c1-2-8-4-3-5-9(8)6-7(10)11/h3,5H,2,4,6H2,1H3,(H,10,11). The van der Waals surface area contributed by atoms with Crippen molar-refractivity contribution < 1.29 is 9.90 Å². The zero-order valence-corrected chi connectivity index (χ0v) is 6.53. The van der Waals surface area contributed by atoms with Crippen LogP contribution in [0.15, 0.2) is 12.3 Å². The van der Waals surface area contributed by atoms with Crippen LogP contribution in [0.2, 0.25) is 0 Å². The molecule has 0 aromatic carbocycles. The zero-order chi connectivity index (χ0) is 8.27. The highest BCUT2D eigenvalue weighted by atomic mass is 16.4. The second-order valence-electron chi connectivity index (χ2n) is 2.38. The lowest BCUT2D eigenvalue weighted by Gasteiger charge is -2.25. The zero-order valence-electron chi connectivity index (χ0n) is 6.53. The quantitative estimate of drug-likeness (QED) is 0.631. The maximum atomic E-state index is 10.3. The smallest absolute Gasteiger partial charge is 0.324 e. The van der Waals surface area contributed by atoms with Crippen LogP contribution in [-0.2, 0) is 4.79 Å². The largest absolute Gasteiger partial charge is 0.480 e. The van der Waals surface area contributed by atoms with Crippen LogP contribution in [0.4, 0.5) is 0 Å². The normalized spacial score (nSPS) is 17.7. The van der Waals surface area contributed by atoms with Gasteiger partial charge in [-0.1, -0.05) is 13.0 Å². The molecule has 0 aromatic heterocycles. The van der Waals surface area contributed by atoms with Crippen LogP contribution in [0.5, 0.6) is 0 Å². The Morgan fingerprint density at radius 2 is 2.45 bits per heavy atom. The second kappa shape index (κ2) is 3.39. The van der Waals surface area contributed by atoms with Crippen LogP contribution < -0.4 is 0 Å². The third-order valence-corrected chi connectivity index (χ3v) is 1.62. The molecule has 0 aliphatic carbocycles. The third-order valence-electron chi connectivity index (χ3n) is 1.62. The Hall–Kier alpha value is -1.03. The van der Waals surface area contributed by atoms with Gasteiger partial charge in [-0.25, -0.2) is 5.01 Å². The Kier molecular flexibility index (Phi) is 2.48. The maximum Gasteiger partial charge on any atom is 0.324 e. The van der Waals surface area contributed by atoms with E-state index < -0.39 is 5.97 Å². The summed E-state index contributed by atoms with van der Waals surface area (Å²) in [6, 6.07) is 0. The van der Waals surface area contributed by atoms with Crippen LogP contribution in [0.25, 0.3) is 0 Å². The van der Waals surface area contributed by atoms with Crippen molar-refractivity contribution in [2.24, 2.45) is 0 Å². The predicted molar refractivity (Wildman–Crippen MR) is 40.7 cm³/mol. The Morgan fingerprint density at radius 3 is 3.00 bits per heavy atom. The Balaban J connectivity index is 2.43. The molecule has 0 aromatic rings. The minimum Gasteiger partial charge on any atom is -0.480 e. The number of likely N-dealkylation sites (N-methyl/N-ethyl adjacent to an activating group) is 1. The molecule has 0 amide bonds. The average Bonchev–Trinajstić information content (AvgIpc) is 2.34. The molecule has 0 radical (unpaired) electrons. The molecule has 4 nitrogen and oxygen atoms in total. The van der Waals surface area contributed by atoms with Gasteiger partial charge in [0.05, 0.1) is 0 Å². The Morgan fingerprint density at radius 1 is 1.73 bits per heavy atom. The van der Waals surface area contributed by atoms with Crippen LogP contribution >= 0.6 is 0 Å². The molecule has 0 spiro atoms. The van der Waals surface area contributed by atoms with Crippen molar-refractivity contribution in [2.45, 2.75) is 6.92 Å². The van der Waals surface area contributed by atoms with Crippen molar-refractivity contribution in [3.8, 4) is 0 Å². The van der Waals surface area contributed by atoms with Gasteiger partial charge in [0.25, 0.3) is 0 Å². The first-order valence-electron chi connectivity index (χ1n) is 3.64. The topological polar surface area (TPSA) is 43.8 Å². The molecule has 1 rings (SSSR count). The molecule has 0 atom stereocenters. The molecule has 1 aliphatic rings. The number of hydrazine groups is 1. The number of carbonyl (C=O) groups is 1. The van der Waals surface area contributed by atoms with Gasteiger partial charge in [0.15, 0.2) is 0 Å². The summed E-state index contributed by atoms with van der Waals surface area (Å²) in [5, 5.41) is 12.2. The van der Waals surface area contributed by atoms with Crippen molar-refractivity contribution in [2.75, 3.05) is 19.6 Å². The Bertz CT molecular complexity index is 179. The molecular formula is C7H12N2O2. The summed E-state index contributed by atoms with van der Waals surface area (Å²) in [5.41, 5.74) is 0. The fourth-order valence-corrected chi connectivity index (χ4v) is 1.09. The highest BCUT2D eigenvalue weighted by Crippen LogP contribution is 2.05. The molecule has 0 saturated carbocycles. The number of carboxylic acids is 1. The van der Waals surface area contributed by atoms with Gasteiger partial charge in [-0.15, -0.1) is 0 Å². The van der Waals surface area contributed by atoms with Gasteiger partial charge in [-0.2, -0.15) is 0 Å². The van der Waals surface area contributed by atoms with Gasteiger partial charge in [-0.05, 0) is 0 Å². The van der Waals surface area contributed by atoms with Gasteiger partial charge >= 0.3 is 5.97 Å². The van der Waals surface area contributed by atoms with Crippen molar-refractivity contribution in [3.63, 3.8) is 0 Å². The highest BCUT2D eigenvalue weighted by Gasteiger charge is 2.15. The molecule has 62 valence electrons. The number of aliphatic carboxylic acids is 1. The molecule has 1 aliphatic heterocycles. The van der Waals surface area contributed by atoms with Crippen molar-refractivity contribution in [3.05, 3.63) is 12.3 Å². The van der Waals surface area contributed by atoms with Crippen LogP contribution in [0.1, 0.15) is 6.92 Å². The van der Waals surface area contributed by atoms with E-state index in [0.29, 0.717) is 0 Å².